The van der Waals surface area contributed by atoms with Gasteiger partial charge >= 0.3 is 0 Å². The predicted molar refractivity (Wildman–Crippen MR) is 111 cm³/mol. The fourth-order valence-corrected chi connectivity index (χ4v) is 2.91. The Morgan fingerprint density at radius 3 is 2.48 bits per heavy atom. The van der Waals surface area contributed by atoms with E-state index in [4.69, 9.17) is 37.4 Å². The molecule has 0 radical (unpaired) electrons. The lowest BCUT2D eigenvalue weighted by molar-refractivity contribution is 0.0770. The van der Waals surface area contributed by atoms with E-state index in [1.165, 1.54) is 0 Å². The second-order valence-electron chi connectivity index (χ2n) is 6.42. The molecule has 2 aromatic rings. The van der Waals surface area contributed by atoms with Crippen molar-refractivity contribution in [1.29, 1.82) is 0 Å². The van der Waals surface area contributed by atoms with Crippen molar-refractivity contribution in [3.8, 4) is 11.5 Å². The molecule has 0 heterocycles. The summed E-state index contributed by atoms with van der Waals surface area (Å²) in [4.78, 5) is 0. The molecule has 6 heteroatoms. The molecular weight excluding hydrogens is 385 g/mol. The number of hydrogen-bond acceptors (Lipinski definition) is 4. The van der Waals surface area contributed by atoms with Crippen molar-refractivity contribution in [2.75, 3.05) is 20.3 Å². The number of ether oxygens (including phenoxy) is 3. The maximum absolute atomic E-state index is 6.43. The van der Waals surface area contributed by atoms with Crippen LogP contribution in [0.5, 0.6) is 11.5 Å². The quantitative estimate of drug-likeness (QED) is 0.496. The van der Waals surface area contributed by atoms with Crippen molar-refractivity contribution < 1.29 is 14.2 Å². The molecule has 0 fully saturated rings. The zero-order valence-corrected chi connectivity index (χ0v) is 17.6. The second-order valence-corrected chi connectivity index (χ2v) is 7.24. The topological polar surface area (TPSA) is 39.7 Å². The highest BCUT2D eigenvalue weighted by Crippen LogP contribution is 2.34. The molecule has 2 aromatic carbocycles. The van der Waals surface area contributed by atoms with E-state index < -0.39 is 0 Å². The Hall–Kier alpha value is -1.46. The highest BCUT2D eigenvalue weighted by molar-refractivity contribution is 6.31. The molecule has 27 heavy (non-hydrogen) atoms. The summed E-state index contributed by atoms with van der Waals surface area (Å²) in [5, 5.41) is 4.68. The van der Waals surface area contributed by atoms with E-state index in [9.17, 15) is 0 Å². The summed E-state index contributed by atoms with van der Waals surface area (Å²) < 4.78 is 16.9. The van der Waals surface area contributed by atoms with Gasteiger partial charge in [-0.3, -0.25) is 0 Å². The first kappa shape index (κ1) is 21.8. The van der Waals surface area contributed by atoms with Crippen molar-refractivity contribution in [1.82, 2.24) is 5.32 Å². The van der Waals surface area contributed by atoms with Crippen LogP contribution in [-0.4, -0.2) is 26.4 Å². The van der Waals surface area contributed by atoms with Gasteiger partial charge in [0.05, 0.1) is 13.2 Å². The summed E-state index contributed by atoms with van der Waals surface area (Å²) in [5.41, 5.74) is 1.87. The van der Waals surface area contributed by atoms with E-state index in [2.05, 4.69) is 5.32 Å². The van der Waals surface area contributed by atoms with E-state index in [0.717, 1.165) is 30.7 Å². The van der Waals surface area contributed by atoms with Crippen LogP contribution in [0.15, 0.2) is 36.4 Å². The molecule has 0 aliphatic rings. The lowest BCUT2D eigenvalue weighted by atomic mass is 10.2. The lowest BCUT2D eigenvalue weighted by Crippen LogP contribution is -2.17. The summed E-state index contributed by atoms with van der Waals surface area (Å²) in [5.74, 6) is 1.24. The number of methoxy groups -OCH3 is 1. The SMILES string of the molecule is COc1cc(CNCCCOC(C)C)c(Cl)cc1OCc1ccccc1Cl. The van der Waals surface area contributed by atoms with Crippen LogP contribution in [0, 0.1) is 0 Å². The third-order valence-corrected chi connectivity index (χ3v) is 4.66. The minimum absolute atomic E-state index is 0.266. The van der Waals surface area contributed by atoms with Gasteiger partial charge in [0.2, 0.25) is 0 Å². The molecule has 0 saturated carbocycles. The Morgan fingerprint density at radius 1 is 1.00 bits per heavy atom. The number of benzene rings is 2. The molecule has 0 atom stereocenters. The van der Waals surface area contributed by atoms with Crippen LogP contribution in [0.1, 0.15) is 31.4 Å². The fraction of sp³-hybridized carbons (Fsp3) is 0.429. The normalized spacial score (nSPS) is 11.0. The van der Waals surface area contributed by atoms with Crippen molar-refractivity contribution in [2.24, 2.45) is 0 Å². The highest BCUT2D eigenvalue weighted by Gasteiger charge is 2.11. The van der Waals surface area contributed by atoms with E-state index in [-0.39, 0.29) is 6.10 Å². The molecule has 0 aliphatic heterocycles. The van der Waals surface area contributed by atoms with E-state index in [0.29, 0.717) is 34.7 Å². The van der Waals surface area contributed by atoms with Crippen LogP contribution >= 0.6 is 23.2 Å². The third kappa shape index (κ3) is 7.23. The smallest absolute Gasteiger partial charge is 0.163 e. The van der Waals surface area contributed by atoms with Crippen molar-refractivity contribution in [2.45, 2.75) is 39.5 Å². The van der Waals surface area contributed by atoms with Gasteiger partial charge in [0.1, 0.15) is 6.61 Å². The molecule has 148 valence electrons. The monoisotopic (exact) mass is 411 g/mol. The zero-order chi connectivity index (χ0) is 19.6. The maximum atomic E-state index is 6.43. The number of rotatable bonds is 11. The summed E-state index contributed by atoms with van der Waals surface area (Å²) in [7, 11) is 1.62. The molecule has 0 spiro atoms. The Kier molecular flexibility index (Phi) is 9.22. The van der Waals surface area contributed by atoms with E-state index >= 15 is 0 Å². The highest BCUT2D eigenvalue weighted by atomic mass is 35.5. The fourth-order valence-electron chi connectivity index (χ4n) is 2.50. The van der Waals surface area contributed by atoms with Gasteiger partial charge in [0, 0.05) is 34.8 Å². The Labute approximate surface area is 171 Å². The van der Waals surface area contributed by atoms with Gasteiger partial charge in [-0.15, -0.1) is 0 Å². The first-order valence-corrected chi connectivity index (χ1v) is 9.81. The first-order valence-electron chi connectivity index (χ1n) is 9.06. The predicted octanol–water partition coefficient (Wildman–Crippen LogP) is 5.49. The lowest BCUT2D eigenvalue weighted by Gasteiger charge is -2.15. The number of nitrogens with one attached hydrogen (secondary N) is 1. The Morgan fingerprint density at radius 2 is 1.78 bits per heavy atom. The molecule has 0 aliphatic carbocycles. The minimum atomic E-state index is 0.266. The molecule has 0 saturated heterocycles. The van der Waals surface area contributed by atoms with Crippen molar-refractivity contribution in [3.05, 3.63) is 57.6 Å². The van der Waals surface area contributed by atoms with Gasteiger partial charge in [0.25, 0.3) is 0 Å². The molecular formula is C21H27Cl2NO3. The maximum Gasteiger partial charge on any atom is 0.163 e. The molecule has 0 amide bonds. The van der Waals surface area contributed by atoms with Crippen LogP contribution in [0.4, 0.5) is 0 Å². The second kappa shape index (κ2) is 11.4. The van der Waals surface area contributed by atoms with Gasteiger partial charge in [-0.1, -0.05) is 41.4 Å². The average molecular weight is 412 g/mol. The average Bonchev–Trinajstić information content (AvgIpc) is 2.64. The van der Waals surface area contributed by atoms with E-state index in [1.807, 2.05) is 44.2 Å². The van der Waals surface area contributed by atoms with Crippen molar-refractivity contribution in [3.63, 3.8) is 0 Å². The van der Waals surface area contributed by atoms with Crippen LogP contribution in [-0.2, 0) is 17.9 Å². The molecule has 1 N–H and O–H groups in total. The molecule has 2 rings (SSSR count). The molecule has 0 aromatic heterocycles. The molecule has 0 unspecified atom stereocenters. The standard InChI is InChI=1S/C21H27Cl2NO3/c1-15(2)26-10-6-9-24-13-17-11-20(25-3)21(12-19(17)23)27-14-16-7-4-5-8-18(16)22/h4-5,7-8,11-12,15,24H,6,9-10,13-14H2,1-3H3. The van der Waals surface area contributed by atoms with Crippen LogP contribution < -0.4 is 14.8 Å². The first-order chi connectivity index (χ1) is 13.0. The number of halogens is 2. The van der Waals surface area contributed by atoms with Crippen LogP contribution in [0.3, 0.4) is 0 Å². The zero-order valence-electron chi connectivity index (χ0n) is 16.1. The summed E-state index contributed by atoms with van der Waals surface area (Å²) in [6, 6.07) is 11.3. The molecule has 4 nitrogen and oxygen atoms in total. The Bertz CT molecular complexity index is 723. The Balaban J connectivity index is 1.92. The van der Waals surface area contributed by atoms with Crippen molar-refractivity contribution >= 4 is 23.2 Å². The van der Waals surface area contributed by atoms with Gasteiger partial charge in [0.15, 0.2) is 11.5 Å². The van der Waals surface area contributed by atoms with Crippen LogP contribution in [0.25, 0.3) is 0 Å². The number of hydrogen-bond donors (Lipinski definition) is 1. The minimum Gasteiger partial charge on any atom is -0.493 e. The largest absolute Gasteiger partial charge is 0.493 e. The molecule has 0 bridgehead atoms. The summed E-state index contributed by atoms with van der Waals surface area (Å²) >= 11 is 12.6. The van der Waals surface area contributed by atoms with E-state index in [1.54, 1.807) is 13.2 Å². The summed E-state index contributed by atoms with van der Waals surface area (Å²) in [6.45, 7) is 6.68. The van der Waals surface area contributed by atoms with Gasteiger partial charge < -0.3 is 19.5 Å². The summed E-state index contributed by atoms with van der Waals surface area (Å²) in [6.07, 6.45) is 1.22. The van der Waals surface area contributed by atoms with Gasteiger partial charge in [-0.05, 0) is 44.5 Å². The third-order valence-electron chi connectivity index (χ3n) is 3.94. The van der Waals surface area contributed by atoms with Crippen LogP contribution in [0.2, 0.25) is 10.0 Å². The van der Waals surface area contributed by atoms with Gasteiger partial charge in [-0.25, -0.2) is 0 Å². The van der Waals surface area contributed by atoms with Gasteiger partial charge in [-0.2, -0.15) is 0 Å².